The Hall–Kier alpha value is -1.16. The molecule has 6 atom stereocenters. The van der Waals surface area contributed by atoms with Crippen molar-refractivity contribution in [1.29, 1.82) is 0 Å². The van der Waals surface area contributed by atoms with E-state index in [0.29, 0.717) is 13.0 Å². The molecule has 6 unspecified atom stereocenters. The van der Waals surface area contributed by atoms with Gasteiger partial charge in [-0.1, -0.05) is 199 Å². The van der Waals surface area contributed by atoms with Crippen LogP contribution in [-0.4, -0.2) is 97.5 Å². The first kappa shape index (κ1) is 58.9. The van der Waals surface area contributed by atoms with Gasteiger partial charge in [-0.25, -0.2) is 4.18 Å². The molecule has 62 heavy (non-hydrogen) atoms. The molecule has 0 amide bonds. The van der Waals surface area contributed by atoms with Crippen LogP contribution in [0.1, 0.15) is 232 Å². The van der Waals surface area contributed by atoms with Crippen molar-refractivity contribution in [2.75, 3.05) is 26.4 Å². The number of aliphatic hydroxyl groups is 3. The summed E-state index contributed by atoms with van der Waals surface area (Å²) in [6.07, 6.45) is 36.8. The fourth-order valence-electron chi connectivity index (χ4n) is 8.02. The third kappa shape index (κ3) is 34.2. The second kappa shape index (κ2) is 41.3. The van der Waals surface area contributed by atoms with Crippen LogP contribution in [-0.2, 0) is 38.3 Å². The molecule has 1 rings (SSSR count). The van der Waals surface area contributed by atoms with Crippen molar-refractivity contribution in [3.05, 3.63) is 12.2 Å². The quantitative estimate of drug-likeness (QED) is 0.0197. The number of rotatable bonds is 45. The summed E-state index contributed by atoms with van der Waals surface area (Å²) in [6.45, 7) is 4.02. The van der Waals surface area contributed by atoms with Crippen LogP contribution in [0.25, 0.3) is 0 Å². The Labute approximate surface area is 379 Å². The van der Waals surface area contributed by atoms with Crippen molar-refractivity contribution in [3.8, 4) is 0 Å². The normalized spacial score (nSPS) is 20.0. The first-order valence-corrected chi connectivity index (χ1v) is 26.8. The van der Waals surface area contributed by atoms with Crippen molar-refractivity contribution in [1.82, 2.24) is 0 Å². The maximum atomic E-state index is 12.9. The zero-order chi connectivity index (χ0) is 45.4. The van der Waals surface area contributed by atoms with Gasteiger partial charge < -0.3 is 34.3 Å². The smallest absolute Gasteiger partial charge is 0.397 e. The highest BCUT2D eigenvalue weighted by molar-refractivity contribution is 7.80. The van der Waals surface area contributed by atoms with Crippen molar-refractivity contribution >= 4 is 16.4 Å². The van der Waals surface area contributed by atoms with Crippen LogP contribution >= 0.6 is 0 Å². The average molecular weight is 907 g/mol. The number of allylic oxidation sites excluding steroid dienone is 2. The molecular formula is C49H94O12S. The summed E-state index contributed by atoms with van der Waals surface area (Å²) >= 11 is 0. The van der Waals surface area contributed by atoms with E-state index >= 15 is 0 Å². The third-order valence-corrected chi connectivity index (χ3v) is 12.4. The predicted molar refractivity (Wildman–Crippen MR) is 248 cm³/mol. The van der Waals surface area contributed by atoms with Gasteiger partial charge in [0.25, 0.3) is 0 Å². The maximum Gasteiger partial charge on any atom is 0.397 e. The number of unbranched alkanes of at least 4 members (excludes halogenated alkanes) is 30. The minimum absolute atomic E-state index is 0.0409. The van der Waals surface area contributed by atoms with Gasteiger partial charge in [0.05, 0.1) is 19.8 Å². The number of hydrogen-bond donors (Lipinski definition) is 4. The highest BCUT2D eigenvalue weighted by Gasteiger charge is 2.48. The van der Waals surface area contributed by atoms with E-state index in [1.165, 1.54) is 167 Å². The summed E-state index contributed by atoms with van der Waals surface area (Å²) < 4.78 is 59.2. The van der Waals surface area contributed by atoms with Gasteiger partial charge in [0.1, 0.15) is 30.5 Å². The lowest BCUT2D eigenvalue weighted by atomic mass is 9.99. The lowest BCUT2D eigenvalue weighted by Crippen LogP contribution is -2.60. The molecule has 1 heterocycles. The monoisotopic (exact) mass is 907 g/mol. The molecule has 0 aromatic heterocycles. The number of esters is 1. The van der Waals surface area contributed by atoms with Gasteiger partial charge in [0.2, 0.25) is 0 Å². The van der Waals surface area contributed by atoms with Gasteiger partial charge in [0, 0.05) is 13.0 Å². The fraction of sp³-hybridized carbons (Fsp3) is 0.939. The van der Waals surface area contributed by atoms with Gasteiger partial charge in [-0.15, -0.1) is 0 Å². The number of hydrogen-bond acceptors (Lipinski definition) is 11. The SMILES string of the molecule is CCCCCCCCCC/C=C\CCCCCCCCCCCCOCC(COC1OC(CO)C(O)C(OS(=O)(=O)O)C1O)OC(=O)CCCCCCCCCCCCCCC. The average Bonchev–Trinajstić information content (AvgIpc) is 3.24. The molecule has 0 aromatic rings. The molecule has 1 fully saturated rings. The highest BCUT2D eigenvalue weighted by atomic mass is 32.3. The van der Waals surface area contributed by atoms with Crippen LogP contribution < -0.4 is 0 Å². The number of aliphatic hydroxyl groups excluding tert-OH is 3. The molecule has 4 N–H and O–H groups in total. The van der Waals surface area contributed by atoms with Crippen LogP contribution in [0.3, 0.4) is 0 Å². The standard InChI is InChI=1S/C49H94O12S/c1-3-5-7-9-11-13-15-17-18-19-20-21-22-23-24-25-27-29-31-33-35-37-39-57-41-43(42-58-49-47(53)48(61-62(54,55)56)46(52)44(40-50)60-49)59-45(51)38-36-34-32-30-28-26-16-14-12-10-8-6-4-2/h19-20,43-44,46-50,52-53H,3-18,21-42H2,1-2H3,(H,54,55,56)/b20-19-. The van der Waals surface area contributed by atoms with E-state index in [1.54, 1.807) is 0 Å². The molecule has 1 aliphatic rings. The lowest BCUT2D eigenvalue weighted by molar-refractivity contribution is -0.301. The molecule has 0 bridgehead atoms. The zero-order valence-electron chi connectivity index (χ0n) is 39.5. The Balaban J connectivity index is 2.32. The summed E-state index contributed by atoms with van der Waals surface area (Å²) in [5.74, 6) is -0.396. The van der Waals surface area contributed by atoms with E-state index in [4.69, 9.17) is 18.9 Å². The molecule has 0 saturated carbocycles. The fourth-order valence-corrected chi connectivity index (χ4v) is 8.53. The summed E-state index contributed by atoms with van der Waals surface area (Å²) in [6, 6.07) is 0. The summed E-state index contributed by atoms with van der Waals surface area (Å²) in [4.78, 5) is 12.9. The van der Waals surface area contributed by atoms with E-state index in [9.17, 15) is 33.1 Å². The largest absolute Gasteiger partial charge is 0.457 e. The van der Waals surface area contributed by atoms with E-state index in [2.05, 4.69) is 30.2 Å². The van der Waals surface area contributed by atoms with Gasteiger partial charge in [-0.3, -0.25) is 9.35 Å². The van der Waals surface area contributed by atoms with E-state index in [1.807, 2.05) is 0 Å². The van der Waals surface area contributed by atoms with Crippen molar-refractivity contribution < 1.29 is 56.2 Å². The molecule has 0 aromatic carbocycles. The number of carbonyl (C=O) groups excluding carboxylic acids is 1. The molecule has 12 nitrogen and oxygen atoms in total. The second-order valence-electron chi connectivity index (χ2n) is 17.8. The minimum Gasteiger partial charge on any atom is -0.457 e. The predicted octanol–water partition coefficient (Wildman–Crippen LogP) is 11.4. The van der Waals surface area contributed by atoms with Crippen LogP contribution in [0.15, 0.2) is 12.2 Å². The number of ether oxygens (including phenoxy) is 4. The van der Waals surface area contributed by atoms with E-state index in [0.717, 1.165) is 38.5 Å². The second-order valence-corrected chi connectivity index (χ2v) is 18.8. The zero-order valence-corrected chi connectivity index (χ0v) is 40.3. The summed E-state index contributed by atoms with van der Waals surface area (Å²) in [5, 5.41) is 30.7. The van der Waals surface area contributed by atoms with Gasteiger partial charge in [-0.05, 0) is 38.5 Å². The Morgan fingerprint density at radius 2 is 1.02 bits per heavy atom. The maximum absolute atomic E-state index is 12.9. The lowest BCUT2D eigenvalue weighted by Gasteiger charge is -2.41. The minimum atomic E-state index is -5.06. The Morgan fingerprint density at radius 3 is 1.45 bits per heavy atom. The Bertz CT molecular complexity index is 1140. The first-order chi connectivity index (χ1) is 30.1. The van der Waals surface area contributed by atoms with Crippen LogP contribution in [0.4, 0.5) is 0 Å². The molecule has 0 radical (unpaired) electrons. The Morgan fingerprint density at radius 1 is 0.597 bits per heavy atom. The van der Waals surface area contributed by atoms with Crippen molar-refractivity contribution in [3.63, 3.8) is 0 Å². The van der Waals surface area contributed by atoms with Gasteiger partial charge >= 0.3 is 16.4 Å². The molecule has 13 heteroatoms. The van der Waals surface area contributed by atoms with Crippen molar-refractivity contribution in [2.24, 2.45) is 0 Å². The molecule has 368 valence electrons. The third-order valence-electron chi connectivity index (χ3n) is 11.9. The molecule has 0 aliphatic carbocycles. The highest BCUT2D eigenvalue weighted by Crippen LogP contribution is 2.26. The van der Waals surface area contributed by atoms with Gasteiger partial charge in [0.15, 0.2) is 6.29 Å². The number of carbonyl (C=O) groups is 1. The summed E-state index contributed by atoms with van der Waals surface area (Å²) in [7, 11) is -5.06. The summed E-state index contributed by atoms with van der Waals surface area (Å²) in [5.41, 5.74) is 0. The molecule has 0 spiro atoms. The van der Waals surface area contributed by atoms with Crippen LogP contribution in [0.5, 0.6) is 0 Å². The van der Waals surface area contributed by atoms with Crippen LogP contribution in [0, 0.1) is 0 Å². The molecule has 1 saturated heterocycles. The molecule has 1 aliphatic heterocycles. The van der Waals surface area contributed by atoms with Gasteiger partial charge in [-0.2, -0.15) is 8.42 Å². The van der Waals surface area contributed by atoms with E-state index < -0.39 is 59.8 Å². The topological polar surface area (TPSA) is 178 Å². The van der Waals surface area contributed by atoms with Crippen LogP contribution in [0.2, 0.25) is 0 Å². The first-order valence-electron chi connectivity index (χ1n) is 25.4. The van der Waals surface area contributed by atoms with E-state index in [-0.39, 0.29) is 19.6 Å². The van der Waals surface area contributed by atoms with Crippen molar-refractivity contribution in [2.45, 2.75) is 269 Å². The Kier molecular flexibility index (Phi) is 39.2. The molecular weight excluding hydrogens is 813 g/mol.